The third kappa shape index (κ3) is 2.97. The molecule has 4 fully saturated rings. The van der Waals surface area contributed by atoms with Crippen LogP contribution in [-0.4, -0.2) is 18.1 Å². The van der Waals surface area contributed by atoms with E-state index < -0.39 is 5.92 Å². The van der Waals surface area contributed by atoms with Gasteiger partial charge >= 0.3 is 0 Å². The third-order valence-electron chi connectivity index (χ3n) is 8.65. The number of benzene rings is 1. The summed E-state index contributed by atoms with van der Waals surface area (Å²) in [5.74, 6) is 3.53. The molecule has 4 aliphatic rings. The Morgan fingerprint density at radius 3 is 2.59 bits per heavy atom. The van der Waals surface area contributed by atoms with Crippen molar-refractivity contribution in [2.75, 3.05) is 0 Å². The van der Waals surface area contributed by atoms with Crippen molar-refractivity contribution < 1.29 is 9.53 Å². The molecule has 1 aromatic rings. The van der Waals surface area contributed by atoms with E-state index in [0.29, 0.717) is 29.6 Å². The number of fused-ring (bicyclic) bond motifs is 3. The van der Waals surface area contributed by atoms with Gasteiger partial charge < -0.3 is 10.1 Å². The van der Waals surface area contributed by atoms with Crippen LogP contribution in [-0.2, 0) is 4.79 Å². The number of carbonyl (C=O) groups is 1. The van der Waals surface area contributed by atoms with Crippen molar-refractivity contribution in [1.82, 2.24) is 5.32 Å². The Morgan fingerprint density at radius 2 is 1.86 bits per heavy atom. The van der Waals surface area contributed by atoms with Crippen molar-refractivity contribution in [2.45, 2.75) is 70.4 Å². The third-order valence-corrected chi connectivity index (χ3v) is 8.65. The second-order valence-electron chi connectivity index (χ2n) is 9.83. The van der Waals surface area contributed by atoms with E-state index in [1.165, 1.54) is 24.8 Å². The number of carbonyl (C=O) groups excluding carboxylic acids is 1. The maximum absolute atomic E-state index is 12.3. The standard InChI is InChI=1S/C25H32N2O2/c1-3-14(2)15-7-9-16(10-8-15)29-21-12-11-18-22-17(21)5-4-6-19(22)24-23(18)20(13-26)25(28)27-24/h7-10,14,17-24H,3-6,11-12H2,1-2H3,(H,27,28). The Kier molecular flexibility index (Phi) is 4.81. The van der Waals surface area contributed by atoms with Gasteiger partial charge in [0.05, 0.1) is 6.07 Å². The summed E-state index contributed by atoms with van der Waals surface area (Å²) in [7, 11) is 0. The fourth-order valence-corrected chi connectivity index (χ4v) is 7.21. The zero-order chi connectivity index (χ0) is 20.1. The lowest BCUT2D eigenvalue weighted by atomic mass is 9.62. The van der Waals surface area contributed by atoms with Gasteiger partial charge in [0.25, 0.3) is 0 Å². The normalized spacial score (nSPS) is 41.1. The number of amides is 1. The number of nitrogens with zero attached hydrogens (tertiary/aromatic N) is 1. The van der Waals surface area contributed by atoms with Crippen LogP contribution < -0.4 is 10.1 Å². The molecule has 1 saturated heterocycles. The van der Waals surface area contributed by atoms with Gasteiger partial charge in [-0.15, -0.1) is 0 Å². The Morgan fingerprint density at radius 1 is 1.10 bits per heavy atom. The van der Waals surface area contributed by atoms with Gasteiger partial charge in [0.15, 0.2) is 0 Å². The fraction of sp³-hybridized carbons (Fsp3) is 0.680. The van der Waals surface area contributed by atoms with E-state index in [0.717, 1.165) is 25.0 Å². The highest BCUT2D eigenvalue weighted by Gasteiger charge is 2.63. The average molecular weight is 393 g/mol. The highest BCUT2D eigenvalue weighted by molar-refractivity contribution is 5.84. The Hall–Kier alpha value is -2.02. The first-order valence-corrected chi connectivity index (χ1v) is 11.6. The topological polar surface area (TPSA) is 62.1 Å². The van der Waals surface area contributed by atoms with E-state index in [4.69, 9.17) is 4.74 Å². The number of rotatable bonds is 4. The SMILES string of the molecule is CCC(C)c1ccc(OC2CCC3C4C2CCCC4C2NC(=O)C(C#N)C32)cc1. The van der Waals surface area contributed by atoms with Crippen molar-refractivity contribution in [3.8, 4) is 11.8 Å². The molecule has 5 rings (SSSR count). The summed E-state index contributed by atoms with van der Waals surface area (Å²) < 4.78 is 6.56. The highest BCUT2D eigenvalue weighted by Crippen LogP contribution is 2.60. The molecule has 0 spiro atoms. The lowest BCUT2D eigenvalue weighted by molar-refractivity contribution is -0.122. The number of nitrogens with one attached hydrogen (secondary N) is 1. The molecular weight excluding hydrogens is 360 g/mol. The number of nitriles is 1. The summed E-state index contributed by atoms with van der Waals surface area (Å²) in [6.45, 7) is 4.49. The molecule has 4 nitrogen and oxygen atoms in total. The molecule has 0 aromatic heterocycles. The molecule has 1 N–H and O–H groups in total. The maximum Gasteiger partial charge on any atom is 0.237 e. The van der Waals surface area contributed by atoms with Gasteiger partial charge in [-0.3, -0.25) is 4.79 Å². The van der Waals surface area contributed by atoms with Crippen molar-refractivity contribution in [3.05, 3.63) is 29.8 Å². The van der Waals surface area contributed by atoms with Crippen LogP contribution in [0, 0.1) is 46.8 Å². The van der Waals surface area contributed by atoms with Crippen molar-refractivity contribution >= 4 is 5.91 Å². The minimum Gasteiger partial charge on any atom is -0.490 e. The zero-order valence-corrected chi connectivity index (χ0v) is 17.5. The second-order valence-corrected chi connectivity index (χ2v) is 9.83. The molecule has 1 aliphatic heterocycles. The zero-order valence-electron chi connectivity index (χ0n) is 17.5. The first-order valence-electron chi connectivity index (χ1n) is 11.6. The molecular formula is C25H32N2O2. The van der Waals surface area contributed by atoms with Gasteiger partial charge in [-0.1, -0.05) is 32.4 Å². The van der Waals surface area contributed by atoms with Crippen LogP contribution in [0.4, 0.5) is 0 Å². The molecule has 0 bridgehead atoms. The van der Waals surface area contributed by atoms with E-state index in [1.807, 2.05) is 0 Å². The Balaban J connectivity index is 1.35. The molecule has 1 amide bonds. The summed E-state index contributed by atoms with van der Waals surface area (Å²) in [5, 5.41) is 12.8. The number of hydrogen-bond donors (Lipinski definition) is 1. The molecule has 0 radical (unpaired) electrons. The molecule has 154 valence electrons. The van der Waals surface area contributed by atoms with E-state index >= 15 is 0 Å². The fourth-order valence-electron chi connectivity index (χ4n) is 7.21. The monoisotopic (exact) mass is 392 g/mol. The predicted molar refractivity (Wildman–Crippen MR) is 111 cm³/mol. The number of hydrogen-bond acceptors (Lipinski definition) is 3. The van der Waals surface area contributed by atoms with Crippen LogP contribution in [0.3, 0.4) is 0 Å². The molecule has 29 heavy (non-hydrogen) atoms. The first kappa shape index (κ1) is 19.0. The van der Waals surface area contributed by atoms with Gasteiger partial charge in [0.1, 0.15) is 17.8 Å². The van der Waals surface area contributed by atoms with Crippen LogP contribution in [0.5, 0.6) is 5.75 Å². The Bertz CT molecular complexity index is 813. The Labute approximate surface area is 174 Å². The highest BCUT2D eigenvalue weighted by atomic mass is 16.5. The summed E-state index contributed by atoms with van der Waals surface area (Å²) in [6, 6.07) is 11.3. The molecule has 1 aromatic carbocycles. The summed E-state index contributed by atoms with van der Waals surface area (Å²) in [6.07, 6.45) is 7.16. The van der Waals surface area contributed by atoms with Crippen molar-refractivity contribution in [3.63, 3.8) is 0 Å². The van der Waals surface area contributed by atoms with Crippen LogP contribution >= 0.6 is 0 Å². The first-order chi connectivity index (χ1) is 14.1. The molecule has 4 heteroatoms. The molecule has 3 saturated carbocycles. The van der Waals surface area contributed by atoms with Crippen molar-refractivity contribution in [1.29, 1.82) is 5.26 Å². The van der Waals surface area contributed by atoms with Gasteiger partial charge in [-0.05, 0) is 79.4 Å². The molecule has 9 unspecified atom stereocenters. The van der Waals surface area contributed by atoms with Crippen LogP contribution in [0.15, 0.2) is 24.3 Å². The van der Waals surface area contributed by atoms with Gasteiger partial charge in [-0.2, -0.15) is 5.26 Å². The summed E-state index contributed by atoms with van der Waals surface area (Å²) in [4.78, 5) is 12.3. The largest absolute Gasteiger partial charge is 0.490 e. The average Bonchev–Trinajstić information content (AvgIpc) is 3.24. The van der Waals surface area contributed by atoms with Gasteiger partial charge in [0.2, 0.25) is 5.91 Å². The maximum atomic E-state index is 12.3. The quantitative estimate of drug-likeness (QED) is 0.811. The summed E-state index contributed by atoms with van der Waals surface area (Å²) in [5.41, 5.74) is 1.38. The second kappa shape index (κ2) is 7.35. The molecule has 9 atom stereocenters. The molecule has 1 heterocycles. The van der Waals surface area contributed by atoms with E-state index in [9.17, 15) is 10.1 Å². The predicted octanol–water partition coefficient (Wildman–Crippen LogP) is 4.66. The van der Waals surface area contributed by atoms with Crippen LogP contribution in [0.1, 0.15) is 63.9 Å². The van der Waals surface area contributed by atoms with Crippen LogP contribution in [0.25, 0.3) is 0 Å². The van der Waals surface area contributed by atoms with E-state index in [-0.39, 0.29) is 24.0 Å². The lowest BCUT2D eigenvalue weighted by Crippen LogP contribution is -2.46. The lowest BCUT2D eigenvalue weighted by Gasteiger charge is -2.46. The van der Waals surface area contributed by atoms with Gasteiger partial charge in [0, 0.05) is 12.0 Å². The minimum absolute atomic E-state index is 0.0251. The molecule has 3 aliphatic carbocycles. The smallest absolute Gasteiger partial charge is 0.237 e. The van der Waals surface area contributed by atoms with E-state index in [2.05, 4.69) is 49.5 Å². The van der Waals surface area contributed by atoms with Crippen LogP contribution in [0.2, 0.25) is 0 Å². The van der Waals surface area contributed by atoms with Crippen molar-refractivity contribution in [2.24, 2.45) is 35.5 Å². The minimum atomic E-state index is -0.443. The number of ether oxygens (including phenoxy) is 1. The summed E-state index contributed by atoms with van der Waals surface area (Å²) >= 11 is 0. The van der Waals surface area contributed by atoms with E-state index in [1.54, 1.807) is 0 Å². The van der Waals surface area contributed by atoms with Gasteiger partial charge in [-0.25, -0.2) is 0 Å².